The van der Waals surface area contributed by atoms with Gasteiger partial charge >= 0.3 is 5.97 Å². The minimum atomic E-state index is -0.543. The molecule has 2 aromatic carbocycles. The SMILES string of the molecule is CCCCCCCCCCCCCCCCCC(=O)OC1c2ccccc2C(=O)C1c1ccc(C)c(C)c1C. The third kappa shape index (κ3) is 9.05. The molecule has 0 fully saturated rings. The fourth-order valence-electron chi connectivity index (χ4n) is 6.05. The highest BCUT2D eigenvalue weighted by Gasteiger charge is 2.43. The van der Waals surface area contributed by atoms with E-state index in [4.69, 9.17) is 4.74 Å². The lowest BCUT2D eigenvalue weighted by atomic mass is 9.86. The van der Waals surface area contributed by atoms with E-state index in [9.17, 15) is 9.59 Å². The quantitative estimate of drug-likeness (QED) is 0.142. The van der Waals surface area contributed by atoms with Gasteiger partial charge in [0.2, 0.25) is 0 Å². The van der Waals surface area contributed by atoms with Gasteiger partial charge in [-0.15, -0.1) is 0 Å². The van der Waals surface area contributed by atoms with Gasteiger partial charge in [0.1, 0.15) is 6.10 Å². The van der Waals surface area contributed by atoms with Crippen LogP contribution in [0.2, 0.25) is 0 Å². The van der Waals surface area contributed by atoms with Crippen LogP contribution in [0, 0.1) is 20.8 Å². The summed E-state index contributed by atoms with van der Waals surface area (Å²) < 4.78 is 6.06. The molecule has 39 heavy (non-hydrogen) atoms. The molecule has 0 radical (unpaired) electrons. The predicted molar refractivity (Wildman–Crippen MR) is 163 cm³/mol. The number of aryl methyl sites for hydroxylation is 1. The number of carbonyl (C=O) groups is 2. The summed E-state index contributed by atoms with van der Waals surface area (Å²) in [5.41, 5.74) is 6.02. The molecule has 0 aliphatic heterocycles. The second-order valence-electron chi connectivity index (χ2n) is 11.8. The van der Waals surface area contributed by atoms with E-state index in [1.807, 2.05) is 30.3 Å². The molecule has 0 saturated heterocycles. The molecule has 0 aromatic heterocycles. The first kappa shape index (κ1) is 31.1. The first-order valence-corrected chi connectivity index (χ1v) is 15.8. The van der Waals surface area contributed by atoms with E-state index in [2.05, 4.69) is 33.8 Å². The number of benzene rings is 2. The van der Waals surface area contributed by atoms with Crippen LogP contribution >= 0.6 is 0 Å². The van der Waals surface area contributed by atoms with Crippen molar-refractivity contribution in [3.05, 3.63) is 69.8 Å². The zero-order valence-electron chi connectivity index (χ0n) is 25.2. The molecule has 1 aliphatic rings. The molecule has 0 amide bonds. The third-order valence-corrected chi connectivity index (χ3v) is 8.80. The van der Waals surface area contributed by atoms with Crippen molar-refractivity contribution in [3.63, 3.8) is 0 Å². The smallest absolute Gasteiger partial charge is 0.306 e. The van der Waals surface area contributed by atoms with Gasteiger partial charge in [0.15, 0.2) is 5.78 Å². The van der Waals surface area contributed by atoms with Gasteiger partial charge in [0, 0.05) is 17.5 Å². The summed E-state index contributed by atoms with van der Waals surface area (Å²) in [5.74, 6) is -0.598. The molecule has 0 spiro atoms. The number of ether oxygens (including phenoxy) is 1. The molecule has 3 heteroatoms. The molecule has 2 unspecified atom stereocenters. The van der Waals surface area contributed by atoms with Crippen molar-refractivity contribution < 1.29 is 14.3 Å². The number of rotatable bonds is 18. The highest BCUT2D eigenvalue weighted by atomic mass is 16.5. The van der Waals surface area contributed by atoms with E-state index >= 15 is 0 Å². The molecule has 0 N–H and O–H groups in total. The third-order valence-electron chi connectivity index (χ3n) is 8.80. The maximum Gasteiger partial charge on any atom is 0.306 e. The fourth-order valence-corrected chi connectivity index (χ4v) is 6.05. The topological polar surface area (TPSA) is 43.4 Å². The molecule has 2 atom stereocenters. The molecular weight excluding hydrogens is 480 g/mol. The van der Waals surface area contributed by atoms with Crippen molar-refractivity contribution in [1.82, 2.24) is 0 Å². The Kier molecular flexibility index (Phi) is 13.3. The summed E-state index contributed by atoms with van der Waals surface area (Å²) in [6.07, 6.45) is 19.4. The second kappa shape index (κ2) is 16.6. The predicted octanol–water partition coefficient (Wildman–Crippen LogP) is 10.4. The largest absolute Gasteiger partial charge is 0.456 e. The zero-order chi connectivity index (χ0) is 28.0. The Labute approximate surface area is 238 Å². The molecule has 0 saturated carbocycles. The number of hydrogen-bond acceptors (Lipinski definition) is 3. The number of ketones is 1. The molecule has 0 heterocycles. The maximum atomic E-state index is 13.5. The summed E-state index contributed by atoms with van der Waals surface area (Å²) in [6.45, 7) is 8.53. The summed E-state index contributed by atoms with van der Waals surface area (Å²) >= 11 is 0. The van der Waals surface area contributed by atoms with E-state index in [0.29, 0.717) is 12.0 Å². The van der Waals surface area contributed by atoms with Crippen LogP contribution in [0.5, 0.6) is 0 Å². The average molecular weight is 533 g/mol. The van der Waals surface area contributed by atoms with Crippen LogP contribution in [-0.4, -0.2) is 11.8 Å². The molecule has 2 aromatic rings. The van der Waals surface area contributed by atoms with Gasteiger partial charge < -0.3 is 4.74 Å². The summed E-state index contributed by atoms with van der Waals surface area (Å²) in [6, 6.07) is 11.7. The van der Waals surface area contributed by atoms with E-state index in [0.717, 1.165) is 29.5 Å². The van der Waals surface area contributed by atoms with Crippen molar-refractivity contribution in [2.45, 2.75) is 142 Å². The minimum Gasteiger partial charge on any atom is -0.456 e. The van der Waals surface area contributed by atoms with Crippen LogP contribution in [0.15, 0.2) is 36.4 Å². The van der Waals surface area contributed by atoms with Gasteiger partial charge in [-0.3, -0.25) is 9.59 Å². The van der Waals surface area contributed by atoms with Crippen molar-refractivity contribution in [2.75, 3.05) is 0 Å². The van der Waals surface area contributed by atoms with Crippen LogP contribution in [0.25, 0.3) is 0 Å². The normalized spacial score (nSPS) is 16.5. The van der Waals surface area contributed by atoms with E-state index in [1.54, 1.807) is 0 Å². The minimum absolute atomic E-state index is 0.0572. The average Bonchev–Trinajstić information content (AvgIpc) is 3.20. The number of carbonyl (C=O) groups excluding carboxylic acids is 2. The van der Waals surface area contributed by atoms with Crippen LogP contribution < -0.4 is 0 Å². The highest BCUT2D eigenvalue weighted by molar-refractivity contribution is 6.06. The standard InChI is InChI=1S/C36H52O3/c1-5-6-7-8-9-10-11-12-13-14-15-16-17-18-19-24-33(37)39-36-32-23-21-20-22-31(32)35(38)34(36)30-26-25-27(2)28(3)29(30)4/h20-23,25-26,34,36H,5-19,24H2,1-4H3. The molecular formula is C36H52O3. The van der Waals surface area contributed by atoms with Crippen LogP contribution in [0.1, 0.15) is 160 Å². The van der Waals surface area contributed by atoms with E-state index in [1.165, 1.54) is 94.6 Å². The first-order chi connectivity index (χ1) is 19.0. The summed E-state index contributed by atoms with van der Waals surface area (Å²) in [7, 11) is 0. The van der Waals surface area contributed by atoms with Crippen molar-refractivity contribution in [2.24, 2.45) is 0 Å². The molecule has 1 aliphatic carbocycles. The van der Waals surface area contributed by atoms with Crippen LogP contribution in [-0.2, 0) is 9.53 Å². The van der Waals surface area contributed by atoms with Gasteiger partial charge in [0.05, 0.1) is 5.92 Å². The number of fused-ring (bicyclic) bond motifs is 1. The maximum absolute atomic E-state index is 13.5. The van der Waals surface area contributed by atoms with Crippen molar-refractivity contribution >= 4 is 11.8 Å². The Hall–Kier alpha value is -2.42. The van der Waals surface area contributed by atoms with E-state index < -0.39 is 12.0 Å². The van der Waals surface area contributed by atoms with Crippen LogP contribution in [0.3, 0.4) is 0 Å². The lowest BCUT2D eigenvalue weighted by molar-refractivity contribution is -0.149. The summed E-state index contributed by atoms with van der Waals surface area (Å²) in [5, 5.41) is 0. The van der Waals surface area contributed by atoms with Gasteiger partial charge in [-0.25, -0.2) is 0 Å². The van der Waals surface area contributed by atoms with Gasteiger partial charge in [-0.05, 0) is 49.4 Å². The van der Waals surface area contributed by atoms with Crippen molar-refractivity contribution in [1.29, 1.82) is 0 Å². The van der Waals surface area contributed by atoms with E-state index in [-0.39, 0.29) is 11.8 Å². The van der Waals surface area contributed by atoms with Gasteiger partial charge in [-0.2, -0.15) is 0 Å². The monoisotopic (exact) mass is 532 g/mol. The molecule has 3 nitrogen and oxygen atoms in total. The molecule has 3 rings (SSSR count). The van der Waals surface area contributed by atoms with Gasteiger partial charge in [0.25, 0.3) is 0 Å². The Balaban J connectivity index is 1.37. The molecule has 0 bridgehead atoms. The van der Waals surface area contributed by atoms with Crippen LogP contribution in [0.4, 0.5) is 0 Å². The lowest BCUT2D eigenvalue weighted by Gasteiger charge is -2.23. The zero-order valence-corrected chi connectivity index (χ0v) is 25.2. The first-order valence-electron chi connectivity index (χ1n) is 15.8. The number of unbranched alkanes of at least 4 members (excludes halogenated alkanes) is 14. The fraction of sp³-hybridized carbons (Fsp3) is 0.611. The Morgan fingerprint density at radius 3 is 1.79 bits per heavy atom. The Bertz CT molecular complexity index is 1050. The Morgan fingerprint density at radius 2 is 1.21 bits per heavy atom. The lowest BCUT2D eigenvalue weighted by Crippen LogP contribution is -2.19. The summed E-state index contributed by atoms with van der Waals surface area (Å²) in [4.78, 5) is 26.4. The second-order valence-corrected chi connectivity index (χ2v) is 11.8. The number of Topliss-reactive ketones (excluding diaryl/α,β-unsaturated/α-hetero) is 1. The highest BCUT2D eigenvalue weighted by Crippen LogP contribution is 2.46. The number of hydrogen-bond donors (Lipinski definition) is 0. The van der Waals surface area contributed by atoms with Crippen molar-refractivity contribution in [3.8, 4) is 0 Å². The Morgan fingerprint density at radius 1 is 0.667 bits per heavy atom. The number of esters is 1. The molecule has 214 valence electrons. The van der Waals surface area contributed by atoms with Gasteiger partial charge in [-0.1, -0.05) is 133 Å².